The van der Waals surface area contributed by atoms with E-state index in [1.54, 1.807) is 0 Å². The fourth-order valence-electron chi connectivity index (χ4n) is 1.95. The minimum absolute atomic E-state index is 0.0637. The van der Waals surface area contributed by atoms with Gasteiger partial charge in [0.05, 0.1) is 16.3 Å². The number of benzene rings is 1. The summed E-state index contributed by atoms with van der Waals surface area (Å²) in [5.41, 5.74) is -1.15. The third kappa shape index (κ3) is 4.82. The molecule has 0 aliphatic rings. The lowest BCUT2D eigenvalue weighted by Crippen LogP contribution is -2.24. The molecule has 1 aromatic carbocycles. The molecule has 2 N–H and O–H groups in total. The van der Waals surface area contributed by atoms with Crippen molar-refractivity contribution in [3.63, 3.8) is 0 Å². The minimum Gasteiger partial charge on any atom is -0.349 e. The Hall–Kier alpha value is -2.87. The highest BCUT2D eigenvalue weighted by Crippen LogP contribution is 2.33. The summed E-state index contributed by atoms with van der Waals surface area (Å²) in [4.78, 5) is 28.0. The molecule has 0 bridgehead atoms. The molecule has 9 heteroatoms. The van der Waals surface area contributed by atoms with E-state index in [0.717, 1.165) is 18.2 Å². The van der Waals surface area contributed by atoms with Crippen molar-refractivity contribution >= 4 is 29.1 Å². The number of amides is 2. The van der Waals surface area contributed by atoms with Gasteiger partial charge in [0.25, 0.3) is 11.8 Å². The monoisotopic (exact) mass is 383 g/mol. The highest BCUT2D eigenvalue weighted by Gasteiger charge is 2.31. The van der Waals surface area contributed by atoms with Gasteiger partial charge in [-0.1, -0.05) is 17.7 Å². The molecule has 0 atom stereocenters. The van der Waals surface area contributed by atoms with Crippen molar-refractivity contribution in [2.45, 2.75) is 6.18 Å². The molecular weight excluding hydrogens is 371 g/mol. The summed E-state index contributed by atoms with van der Waals surface area (Å²) in [5, 5.41) is 4.74. The minimum atomic E-state index is -4.58. The van der Waals surface area contributed by atoms with Crippen molar-refractivity contribution in [2.24, 2.45) is 0 Å². The number of carbonyl (C=O) groups is 2. The van der Waals surface area contributed by atoms with E-state index < -0.39 is 23.6 Å². The van der Waals surface area contributed by atoms with E-state index in [1.165, 1.54) is 24.4 Å². The number of nitrogens with zero attached hydrogens (tertiary/aromatic N) is 1. The molecule has 0 fully saturated rings. The van der Waals surface area contributed by atoms with Crippen LogP contribution in [0.4, 0.5) is 18.9 Å². The van der Waals surface area contributed by atoms with Crippen LogP contribution in [0.3, 0.4) is 0 Å². The van der Waals surface area contributed by atoms with Crippen molar-refractivity contribution in [1.82, 2.24) is 10.3 Å². The molecule has 0 radical (unpaired) electrons. The number of carbonyl (C=O) groups excluding carboxylic acids is 2. The lowest BCUT2D eigenvalue weighted by molar-refractivity contribution is -0.137. The van der Waals surface area contributed by atoms with E-state index in [0.29, 0.717) is 0 Å². The topological polar surface area (TPSA) is 71.1 Å². The number of aromatic nitrogens is 1. The number of halogens is 4. The zero-order chi connectivity index (χ0) is 19.3. The summed E-state index contributed by atoms with van der Waals surface area (Å²) < 4.78 is 38.4. The zero-order valence-corrected chi connectivity index (χ0v) is 14.0. The largest absolute Gasteiger partial charge is 0.416 e. The van der Waals surface area contributed by atoms with Crippen molar-refractivity contribution in [1.29, 1.82) is 0 Å². The average Bonchev–Trinajstić information content (AvgIpc) is 2.60. The molecule has 2 aromatic rings. The first kappa shape index (κ1) is 19.5. The van der Waals surface area contributed by atoms with Crippen LogP contribution in [0.25, 0.3) is 0 Å². The van der Waals surface area contributed by atoms with Crippen LogP contribution >= 0.6 is 11.6 Å². The average molecular weight is 384 g/mol. The van der Waals surface area contributed by atoms with Crippen LogP contribution in [-0.4, -0.2) is 23.3 Å². The number of rotatable bonds is 5. The van der Waals surface area contributed by atoms with E-state index in [-0.39, 0.29) is 28.5 Å². The summed E-state index contributed by atoms with van der Waals surface area (Å²) in [7, 11) is 0. The van der Waals surface area contributed by atoms with Crippen molar-refractivity contribution in [3.8, 4) is 0 Å². The Balaban J connectivity index is 2.23. The van der Waals surface area contributed by atoms with E-state index in [1.807, 2.05) is 0 Å². The lowest BCUT2D eigenvalue weighted by atomic mass is 10.1. The molecule has 1 aromatic heterocycles. The number of pyridine rings is 1. The molecule has 26 heavy (non-hydrogen) atoms. The van der Waals surface area contributed by atoms with Crippen LogP contribution in [0.5, 0.6) is 0 Å². The van der Waals surface area contributed by atoms with Gasteiger partial charge in [-0.25, -0.2) is 0 Å². The number of anilines is 1. The number of hydrogen-bond acceptors (Lipinski definition) is 3. The molecule has 0 saturated heterocycles. The first-order valence-corrected chi connectivity index (χ1v) is 7.63. The van der Waals surface area contributed by atoms with Crippen LogP contribution in [-0.2, 0) is 6.18 Å². The molecule has 2 amide bonds. The summed E-state index contributed by atoms with van der Waals surface area (Å²) in [5.74, 6) is -1.25. The van der Waals surface area contributed by atoms with Crippen molar-refractivity contribution in [2.75, 3.05) is 11.9 Å². The Kier molecular flexibility index (Phi) is 5.99. The van der Waals surface area contributed by atoms with E-state index in [2.05, 4.69) is 22.2 Å². The Bertz CT molecular complexity index is 853. The first-order chi connectivity index (χ1) is 12.2. The lowest BCUT2D eigenvalue weighted by Gasteiger charge is -2.11. The highest BCUT2D eigenvalue weighted by atomic mass is 35.5. The SMILES string of the molecule is C=CCNC(=O)c1ccnc(C(=O)Nc2cc(C(F)(F)F)ccc2Cl)c1. The third-order valence-electron chi connectivity index (χ3n) is 3.20. The zero-order valence-electron chi connectivity index (χ0n) is 13.2. The van der Waals surface area contributed by atoms with Crippen LogP contribution in [0.1, 0.15) is 26.4 Å². The second-order valence-electron chi connectivity index (χ2n) is 5.07. The predicted octanol–water partition coefficient (Wildman–Crippen LogP) is 3.92. The van der Waals surface area contributed by atoms with Gasteiger partial charge in [-0.2, -0.15) is 13.2 Å². The van der Waals surface area contributed by atoms with Crippen molar-refractivity contribution < 1.29 is 22.8 Å². The molecule has 1 heterocycles. The Morgan fingerprint density at radius 2 is 1.92 bits per heavy atom. The fourth-order valence-corrected chi connectivity index (χ4v) is 2.11. The number of nitrogens with one attached hydrogen (secondary N) is 2. The molecule has 2 rings (SSSR count). The molecule has 0 aliphatic carbocycles. The fraction of sp³-hybridized carbons (Fsp3) is 0.118. The van der Waals surface area contributed by atoms with Gasteiger partial charge in [0.1, 0.15) is 5.69 Å². The van der Waals surface area contributed by atoms with E-state index in [4.69, 9.17) is 11.6 Å². The van der Waals surface area contributed by atoms with Crippen molar-refractivity contribution in [3.05, 3.63) is 71.0 Å². The second kappa shape index (κ2) is 8.01. The summed E-state index contributed by atoms with van der Waals surface area (Å²) in [6.07, 6.45) is -1.85. The van der Waals surface area contributed by atoms with Gasteiger partial charge in [0.15, 0.2) is 0 Å². The van der Waals surface area contributed by atoms with Crippen LogP contribution in [0.15, 0.2) is 49.2 Å². The van der Waals surface area contributed by atoms with Crippen LogP contribution in [0.2, 0.25) is 5.02 Å². The molecule has 136 valence electrons. The van der Waals surface area contributed by atoms with Crippen LogP contribution < -0.4 is 10.6 Å². The maximum absolute atomic E-state index is 12.8. The quantitative estimate of drug-likeness (QED) is 0.769. The van der Waals surface area contributed by atoms with E-state index in [9.17, 15) is 22.8 Å². The summed E-state index contributed by atoms with van der Waals surface area (Å²) >= 11 is 5.84. The van der Waals surface area contributed by atoms with Crippen LogP contribution in [0, 0.1) is 0 Å². The van der Waals surface area contributed by atoms with Gasteiger partial charge < -0.3 is 10.6 Å². The standard InChI is InChI=1S/C17H13ClF3N3O2/c1-2-6-23-15(25)10-5-7-22-14(8-10)16(26)24-13-9-11(17(19,20)21)3-4-12(13)18/h2-5,7-9H,1,6H2,(H,23,25)(H,24,26). The molecule has 0 saturated carbocycles. The maximum atomic E-state index is 12.8. The summed E-state index contributed by atoms with van der Waals surface area (Å²) in [6, 6.07) is 5.18. The van der Waals surface area contributed by atoms with Gasteiger partial charge in [0, 0.05) is 18.3 Å². The Morgan fingerprint density at radius 3 is 2.58 bits per heavy atom. The van der Waals surface area contributed by atoms with Gasteiger partial charge in [0.2, 0.25) is 0 Å². The second-order valence-corrected chi connectivity index (χ2v) is 5.48. The Morgan fingerprint density at radius 1 is 1.19 bits per heavy atom. The third-order valence-corrected chi connectivity index (χ3v) is 3.53. The predicted molar refractivity (Wildman–Crippen MR) is 91.2 cm³/mol. The van der Waals surface area contributed by atoms with Gasteiger partial charge in [-0.15, -0.1) is 6.58 Å². The summed E-state index contributed by atoms with van der Waals surface area (Å²) in [6.45, 7) is 3.71. The normalized spacial score (nSPS) is 10.9. The molecular formula is C17H13ClF3N3O2. The van der Waals surface area contributed by atoms with Gasteiger partial charge in [-0.05, 0) is 30.3 Å². The van der Waals surface area contributed by atoms with Gasteiger partial charge in [-0.3, -0.25) is 14.6 Å². The molecule has 0 spiro atoms. The molecule has 5 nitrogen and oxygen atoms in total. The maximum Gasteiger partial charge on any atom is 0.416 e. The number of alkyl halides is 3. The van der Waals surface area contributed by atoms with Gasteiger partial charge >= 0.3 is 6.18 Å². The molecule has 0 aliphatic heterocycles. The highest BCUT2D eigenvalue weighted by molar-refractivity contribution is 6.34. The smallest absolute Gasteiger partial charge is 0.349 e. The van der Waals surface area contributed by atoms with E-state index >= 15 is 0 Å². The molecule has 0 unspecified atom stereocenters. The number of hydrogen-bond donors (Lipinski definition) is 2. The first-order valence-electron chi connectivity index (χ1n) is 7.25. The Labute approximate surface area is 151 Å².